The molecule has 0 radical (unpaired) electrons. The van der Waals surface area contributed by atoms with E-state index in [-0.39, 0.29) is 0 Å². The first-order valence-electron chi connectivity index (χ1n) is 43.1. The van der Waals surface area contributed by atoms with Crippen molar-refractivity contribution >= 4 is 260 Å². The van der Waals surface area contributed by atoms with Gasteiger partial charge in [-0.25, -0.2) is 0 Å². The van der Waals surface area contributed by atoms with Crippen molar-refractivity contribution in [2.75, 3.05) is 114 Å². The maximum atomic E-state index is 2.70. The number of hydrogen-bond acceptors (Lipinski definition) is 6. The normalized spacial score (nSPS) is 25.3. The molecular weight excluding hydrogens is 1420 g/mol. The second kappa shape index (κ2) is 13.6. The summed E-state index contributed by atoms with van der Waals surface area (Å²) in [6.45, 7) is 0. The molecule has 6 nitrogen and oxygen atoms in total. The molecule has 41 rings (SSSR count). The second-order valence-corrected chi connectivity index (χ2v) is 41.6. The van der Waals surface area contributed by atoms with Crippen LogP contribution in [0.25, 0.3) is 226 Å². The molecule has 0 aromatic heterocycles. The Morgan fingerprint density at radius 2 is 0.197 bits per heavy atom. The van der Waals surface area contributed by atoms with Gasteiger partial charge in [0.2, 0.25) is 0 Å². The van der Waals surface area contributed by atoms with Gasteiger partial charge in [-0.3, -0.25) is 0 Å². The molecular formula is C111H60N6. The van der Waals surface area contributed by atoms with Crippen molar-refractivity contribution in [3.8, 4) is 0 Å². The Morgan fingerprint density at radius 1 is 0.111 bits per heavy atom. The van der Waals surface area contributed by atoms with Crippen molar-refractivity contribution in [1.29, 1.82) is 0 Å². The molecule has 15 aliphatic carbocycles. The summed E-state index contributed by atoms with van der Waals surface area (Å²) < 4.78 is 0. The first-order chi connectivity index (χ1) is 57.2. The third kappa shape index (κ3) is 3.43. The fourth-order valence-electron chi connectivity index (χ4n) is 37.8. The Morgan fingerprint density at radius 3 is 0.299 bits per heavy atom. The van der Waals surface area contributed by atoms with Crippen LogP contribution in [0.1, 0.15) is 100 Å². The van der Waals surface area contributed by atoms with E-state index in [1.165, 1.54) is 67.5 Å². The Hall–Kier alpha value is -12.9. The molecule has 0 amide bonds. The number of nitrogens with zero attached hydrogens (tertiary/aromatic N) is 6. The largest absolute Gasteiger partial charge is 0.378 e. The number of benzene rings is 20. The predicted molar refractivity (Wildman–Crippen MR) is 487 cm³/mol. The van der Waals surface area contributed by atoms with Crippen molar-refractivity contribution in [2.24, 2.45) is 0 Å². The molecule has 6 unspecified atom stereocenters. The lowest BCUT2D eigenvalue weighted by molar-refractivity contribution is 0.708. The fourth-order valence-corrected chi connectivity index (χ4v) is 37.8. The molecule has 6 atom stereocenters. The van der Waals surface area contributed by atoms with Gasteiger partial charge in [0.1, 0.15) is 0 Å². The summed E-state index contributed by atoms with van der Waals surface area (Å²) in [4.78, 5) is 14.1. The average Bonchev–Trinajstić information content (AvgIpc) is 1.33. The minimum Gasteiger partial charge on any atom is -0.378 e. The van der Waals surface area contributed by atoms with Gasteiger partial charge in [-0.1, -0.05) is 72.8 Å². The molecule has 3 fully saturated rings. The summed E-state index contributed by atoms with van der Waals surface area (Å²) in [5, 5.41) is 69.2. The van der Waals surface area contributed by atoms with Crippen LogP contribution in [-0.4, -0.2) is 84.6 Å². The maximum absolute atomic E-state index is 2.70. The van der Waals surface area contributed by atoms with E-state index in [9.17, 15) is 0 Å². The number of rotatable bonds is 12. The predicted octanol–water partition coefficient (Wildman–Crippen LogP) is 22.8. The van der Waals surface area contributed by atoms with Gasteiger partial charge in [0.05, 0.1) is 48.7 Å². The molecule has 0 N–H and O–H groups in total. The molecule has 0 heterocycles. The summed E-state index contributed by atoms with van der Waals surface area (Å²) in [5.41, 5.74) is 31.9. The van der Waals surface area contributed by atoms with Crippen LogP contribution in [0.5, 0.6) is 0 Å². The average molecular weight is 1480 g/mol. The molecule has 0 saturated heterocycles. The lowest BCUT2D eigenvalue weighted by atomic mass is 9.66. The van der Waals surface area contributed by atoms with E-state index in [0.29, 0.717) is 0 Å². The molecule has 117 heavy (non-hydrogen) atoms. The Labute approximate surface area is 664 Å². The fraction of sp³-hybridized carbons (Fsp3) is 0.189. The van der Waals surface area contributed by atoms with E-state index < -0.39 is 48.7 Å². The van der Waals surface area contributed by atoms with Crippen molar-refractivity contribution in [3.63, 3.8) is 0 Å². The summed E-state index contributed by atoms with van der Waals surface area (Å²) in [6.07, 6.45) is 0. The maximum Gasteiger partial charge on any atom is 0.0528 e. The van der Waals surface area contributed by atoms with Gasteiger partial charge >= 0.3 is 0 Å². The topological polar surface area (TPSA) is 19.4 Å². The molecule has 534 valence electrons. The minimum atomic E-state index is -0.605. The highest BCUT2D eigenvalue weighted by Crippen LogP contribution is 3.04. The Kier molecular flexibility index (Phi) is 6.28. The first-order valence-corrected chi connectivity index (χ1v) is 43.1. The van der Waals surface area contributed by atoms with Crippen molar-refractivity contribution in [1.82, 2.24) is 0 Å². The second-order valence-electron chi connectivity index (χ2n) is 41.6. The van der Waals surface area contributed by atoms with E-state index in [0.717, 1.165) is 0 Å². The first kappa shape index (κ1) is 54.0. The van der Waals surface area contributed by atoms with Crippen LogP contribution in [-0.2, 0) is 48.7 Å². The molecule has 0 aliphatic heterocycles. The summed E-state index contributed by atoms with van der Waals surface area (Å²) >= 11 is 0. The van der Waals surface area contributed by atoms with E-state index in [1.54, 1.807) is 293 Å². The Bertz CT molecular complexity index is 9390. The van der Waals surface area contributed by atoms with Gasteiger partial charge in [0.15, 0.2) is 0 Å². The van der Waals surface area contributed by atoms with Crippen molar-refractivity contribution < 1.29 is 0 Å². The van der Waals surface area contributed by atoms with E-state index in [2.05, 4.69) is 260 Å². The molecule has 0 bridgehead atoms. The van der Waals surface area contributed by atoms with E-state index in [4.69, 9.17) is 0 Å². The zero-order chi connectivity index (χ0) is 75.0. The summed E-state index contributed by atoms with van der Waals surface area (Å²) in [6, 6.07) is 62.9. The smallest absolute Gasteiger partial charge is 0.0528 e. The number of hydrogen-bond donors (Lipinski definition) is 0. The van der Waals surface area contributed by atoms with Crippen LogP contribution in [0.2, 0.25) is 0 Å². The highest BCUT2D eigenvalue weighted by atomic mass is 15.1. The quantitative estimate of drug-likeness (QED) is 0.113. The molecule has 6 heteroatoms. The standard InChI is InChI=1S/C111H60N6/c1-112(2)43-25-13-37(14-26-43)103(38-15-27-44(28-16-38)113(3)4)106-93-67-56-50-49-51-58-53(56)62-73-69(58)91-71-60(51)61-52(49)59-54-57(50)68(67)94-78-63(54)74-70(59)92-72(61)84-83(71)101-89-81-66-55-64-75(99(106)85(77(62)93)87-79(64)95(81)108(97(73)87)104(110(91,101)108,39-17-29-45(30-18-39)114(5)6)40-19-31-46(32-20-40)115(7)8)76-65(55)80-88(86(78)100(76)107(94,103)106)98(74)109-96(80)82(66)90(89)102(84)111(92,109)105(109,41-21-33-47(34-22-41)116(9)10)42-23-35-48(36-24-42)117(11)12/h13-36H,1-12H3. The monoisotopic (exact) mass is 1480 g/mol. The van der Waals surface area contributed by atoms with Crippen LogP contribution >= 0.6 is 0 Å². The van der Waals surface area contributed by atoms with Gasteiger partial charge in [-0.15, -0.1) is 0 Å². The van der Waals surface area contributed by atoms with Gasteiger partial charge in [-0.2, -0.15) is 0 Å². The van der Waals surface area contributed by atoms with Crippen molar-refractivity contribution in [2.45, 2.75) is 48.7 Å². The SMILES string of the molecule is CN(C)c1ccc(C2(c3ccc(N(C)C)cc3)C34c5c6c7c8c9c%10c%11c7c7c%12c%13c%14c%15c%16c%17c(c%10c%10c%18c9c(c9c%19c3c3c%20c%21c%22c(c%23c%14c%14c%24c%25c%26c(c%20c%19c%19c9c%18c9c%10c%17c(c%14%16)c%25c9c%26%19)C%219C(c%10ccc(N(C)C)cc%10)(c%10ccc(N(C)C)cc%10)C%23%249)c%13c(c67)c%22c53)C824)C%112C(c3ccc(N(C)C)cc3)(c3ccc(N(C)C)cc3)C%12%152)cc1. The molecule has 26 aromatic carbocycles. The van der Waals surface area contributed by atoms with Crippen LogP contribution in [0, 0.1) is 0 Å². The molecule has 6 spiro atoms. The lowest BCUT2D eigenvalue weighted by Crippen LogP contribution is -2.28. The zero-order valence-electron chi connectivity index (χ0n) is 66.0. The van der Waals surface area contributed by atoms with Gasteiger partial charge in [-0.05, 0) is 399 Å². The van der Waals surface area contributed by atoms with Crippen LogP contribution < -0.4 is 29.4 Å². The van der Waals surface area contributed by atoms with Gasteiger partial charge < -0.3 is 29.4 Å². The van der Waals surface area contributed by atoms with E-state index >= 15 is 0 Å². The zero-order valence-corrected chi connectivity index (χ0v) is 66.0. The highest BCUT2D eigenvalue weighted by molar-refractivity contribution is 6.73. The minimum absolute atomic E-state index is 0.557. The van der Waals surface area contributed by atoms with Crippen LogP contribution in [0.4, 0.5) is 34.1 Å². The van der Waals surface area contributed by atoms with Crippen molar-refractivity contribution in [3.05, 3.63) is 246 Å². The third-order valence-corrected chi connectivity index (χ3v) is 39.0. The lowest BCUT2D eigenvalue weighted by Gasteiger charge is -2.34. The van der Waals surface area contributed by atoms with Gasteiger partial charge in [0.25, 0.3) is 0 Å². The highest BCUT2D eigenvalue weighted by Gasteiger charge is 3.01. The molecule has 26 aromatic rings. The molecule has 15 aliphatic rings. The van der Waals surface area contributed by atoms with Crippen LogP contribution in [0.3, 0.4) is 0 Å². The van der Waals surface area contributed by atoms with E-state index in [1.807, 2.05) is 0 Å². The van der Waals surface area contributed by atoms with Gasteiger partial charge in [0, 0.05) is 119 Å². The summed E-state index contributed by atoms with van der Waals surface area (Å²) in [7, 11) is 27.1. The third-order valence-electron chi connectivity index (χ3n) is 39.0. The molecule has 3 saturated carbocycles. The number of anilines is 6. The Balaban J connectivity index is 0.877. The summed E-state index contributed by atoms with van der Waals surface area (Å²) in [5.74, 6) is 0. The van der Waals surface area contributed by atoms with Crippen LogP contribution in [0.15, 0.2) is 146 Å².